The Hall–Kier alpha value is -1.72. The van der Waals surface area contributed by atoms with E-state index < -0.39 is 12.1 Å². The zero-order chi connectivity index (χ0) is 18.4. The van der Waals surface area contributed by atoms with Gasteiger partial charge < -0.3 is 14.2 Å². The van der Waals surface area contributed by atoms with E-state index in [1.54, 1.807) is 19.1 Å². The topological polar surface area (TPSA) is 61.8 Å². The van der Waals surface area contributed by atoms with E-state index in [9.17, 15) is 9.59 Å². The Morgan fingerprint density at radius 2 is 1.92 bits per heavy atom. The molecule has 0 bridgehead atoms. The van der Waals surface area contributed by atoms with Crippen molar-refractivity contribution in [3.63, 3.8) is 0 Å². The third kappa shape index (κ3) is 5.94. The van der Waals surface area contributed by atoms with Crippen LogP contribution in [0.5, 0.6) is 0 Å². The predicted octanol–water partition coefficient (Wildman–Crippen LogP) is 3.29. The van der Waals surface area contributed by atoms with Crippen LogP contribution in [-0.4, -0.2) is 43.8 Å². The molecule has 1 aliphatic heterocycles. The van der Waals surface area contributed by atoms with Gasteiger partial charge in [0.25, 0.3) is 0 Å². The second-order valence-electron chi connectivity index (χ2n) is 7.47. The second-order valence-corrected chi connectivity index (χ2v) is 7.47. The van der Waals surface area contributed by atoms with Crippen molar-refractivity contribution in [2.24, 2.45) is 0 Å². The van der Waals surface area contributed by atoms with Gasteiger partial charge in [-0.1, -0.05) is 45.0 Å². The number of hydrogen-bond donors (Lipinski definition) is 0. The van der Waals surface area contributed by atoms with Crippen molar-refractivity contribution in [1.82, 2.24) is 0 Å². The molecule has 0 spiro atoms. The summed E-state index contributed by atoms with van der Waals surface area (Å²) in [6.07, 6.45) is 1.32. The van der Waals surface area contributed by atoms with Gasteiger partial charge in [0.15, 0.2) is 18.5 Å². The molecular formula is C20H28O5. The summed E-state index contributed by atoms with van der Waals surface area (Å²) in [5.74, 6) is -0.752. The van der Waals surface area contributed by atoms with Gasteiger partial charge in [0.2, 0.25) is 0 Å². The number of Topliss-reactive ketones (excluding diaryl/α,β-unsaturated/α-hetero) is 1. The molecule has 5 nitrogen and oxygen atoms in total. The molecule has 1 saturated heterocycles. The average Bonchev–Trinajstić information content (AvgIpc) is 3.10. The monoisotopic (exact) mass is 348 g/mol. The van der Waals surface area contributed by atoms with Crippen LogP contribution in [0.15, 0.2) is 24.3 Å². The van der Waals surface area contributed by atoms with Gasteiger partial charge in [-0.05, 0) is 30.7 Å². The molecule has 0 aromatic heterocycles. The molecule has 0 amide bonds. The van der Waals surface area contributed by atoms with Gasteiger partial charge in [-0.2, -0.15) is 0 Å². The van der Waals surface area contributed by atoms with Gasteiger partial charge in [0, 0.05) is 12.2 Å². The minimum Gasteiger partial charge on any atom is -0.455 e. The number of carbonyl (C=O) groups excluding carboxylic acids is 2. The Morgan fingerprint density at radius 3 is 2.48 bits per heavy atom. The average molecular weight is 348 g/mol. The summed E-state index contributed by atoms with van der Waals surface area (Å²) in [5.41, 5.74) is 1.72. The highest BCUT2D eigenvalue weighted by Gasteiger charge is 2.21. The van der Waals surface area contributed by atoms with E-state index in [-0.39, 0.29) is 23.9 Å². The maximum absolute atomic E-state index is 12.2. The number of hydrogen-bond acceptors (Lipinski definition) is 5. The molecule has 1 aromatic carbocycles. The largest absolute Gasteiger partial charge is 0.455 e. The molecule has 2 rings (SSSR count). The van der Waals surface area contributed by atoms with Gasteiger partial charge in [-0.3, -0.25) is 4.79 Å². The maximum atomic E-state index is 12.2. The molecule has 0 saturated carbocycles. The third-order valence-electron chi connectivity index (χ3n) is 4.31. The molecule has 1 aliphatic rings. The first kappa shape index (κ1) is 19.6. The highest BCUT2D eigenvalue weighted by Crippen LogP contribution is 2.22. The first-order valence-electron chi connectivity index (χ1n) is 8.81. The zero-order valence-electron chi connectivity index (χ0n) is 15.5. The van der Waals surface area contributed by atoms with Crippen molar-refractivity contribution in [2.75, 3.05) is 19.8 Å². The van der Waals surface area contributed by atoms with E-state index in [0.29, 0.717) is 12.2 Å². The Morgan fingerprint density at radius 1 is 1.24 bits per heavy atom. The Kier molecular flexibility index (Phi) is 6.73. The van der Waals surface area contributed by atoms with Crippen molar-refractivity contribution in [3.05, 3.63) is 35.4 Å². The third-order valence-corrected chi connectivity index (χ3v) is 4.31. The van der Waals surface area contributed by atoms with Crippen molar-refractivity contribution in [2.45, 2.75) is 58.2 Å². The highest BCUT2D eigenvalue weighted by molar-refractivity contribution is 5.98. The molecule has 0 N–H and O–H groups in total. The number of ketones is 1. The molecule has 1 aromatic rings. The van der Waals surface area contributed by atoms with E-state index >= 15 is 0 Å². The van der Waals surface area contributed by atoms with Gasteiger partial charge in [-0.25, -0.2) is 4.79 Å². The summed E-state index contributed by atoms with van der Waals surface area (Å²) in [5, 5.41) is 0. The highest BCUT2D eigenvalue weighted by atomic mass is 16.6. The van der Waals surface area contributed by atoms with Gasteiger partial charge in [0.1, 0.15) is 0 Å². The first-order chi connectivity index (χ1) is 11.8. The van der Waals surface area contributed by atoms with Crippen LogP contribution in [0.3, 0.4) is 0 Å². The number of carbonyl (C=O) groups is 2. The van der Waals surface area contributed by atoms with E-state index in [1.165, 1.54) is 0 Å². The van der Waals surface area contributed by atoms with Gasteiger partial charge in [0.05, 0.1) is 12.7 Å². The van der Waals surface area contributed by atoms with Crippen LogP contribution in [0.4, 0.5) is 0 Å². The zero-order valence-corrected chi connectivity index (χ0v) is 15.5. The normalized spacial score (nSPS) is 18.8. The van der Waals surface area contributed by atoms with Crippen LogP contribution in [0, 0.1) is 0 Å². The number of rotatable bonds is 7. The molecule has 2 unspecified atom stereocenters. The summed E-state index contributed by atoms with van der Waals surface area (Å²) in [7, 11) is 0. The minimum absolute atomic E-state index is 0.0316. The van der Waals surface area contributed by atoms with E-state index in [0.717, 1.165) is 25.0 Å². The predicted molar refractivity (Wildman–Crippen MR) is 94.8 cm³/mol. The van der Waals surface area contributed by atoms with Crippen LogP contribution in [0.1, 0.15) is 56.5 Å². The van der Waals surface area contributed by atoms with E-state index in [2.05, 4.69) is 20.8 Å². The Bertz CT molecular complexity index is 579. The van der Waals surface area contributed by atoms with Gasteiger partial charge in [-0.15, -0.1) is 0 Å². The fraction of sp³-hybridized carbons (Fsp3) is 0.600. The van der Waals surface area contributed by atoms with Gasteiger partial charge >= 0.3 is 5.97 Å². The first-order valence-corrected chi connectivity index (χ1v) is 8.81. The lowest BCUT2D eigenvalue weighted by Gasteiger charge is -2.19. The van der Waals surface area contributed by atoms with Crippen LogP contribution in [0.2, 0.25) is 0 Å². The van der Waals surface area contributed by atoms with Crippen LogP contribution >= 0.6 is 0 Å². The molecule has 1 fully saturated rings. The molecule has 2 atom stereocenters. The smallest absolute Gasteiger partial charge is 0.335 e. The number of ether oxygens (including phenoxy) is 3. The number of benzene rings is 1. The van der Waals surface area contributed by atoms with E-state index in [4.69, 9.17) is 14.2 Å². The lowest BCUT2D eigenvalue weighted by atomic mass is 9.86. The second kappa shape index (κ2) is 8.59. The standard InChI is InChI=1S/C20H28O5/c1-14(24-12-17-6-5-11-23-17)19(22)25-13-18(21)15-7-9-16(10-8-15)20(2,3)4/h7-10,14,17H,5-6,11-13H2,1-4H3. The maximum Gasteiger partial charge on any atom is 0.335 e. The van der Waals surface area contributed by atoms with Crippen molar-refractivity contribution >= 4 is 11.8 Å². The molecule has 5 heteroatoms. The molecular weight excluding hydrogens is 320 g/mol. The molecule has 0 aliphatic carbocycles. The minimum atomic E-state index is -0.708. The van der Waals surface area contributed by atoms with Crippen molar-refractivity contribution < 1.29 is 23.8 Å². The van der Waals surface area contributed by atoms with Crippen molar-refractivity contribution in [1.29, 1.82) is 0 Å². The fourth-order valence-corrected chi connectivity index (χ4v) is 2.59. The molecule has 25 heavy (non-hydrogen) atoms. The molecule has 138 valence electrons. The molecule has 0 radical (unpaired) electrons. The Balaban J connectivity index is 1.77. The van der Waals surface area contributed by atoms with Crippen LogP contribution in [-0.2, 0) is 24.4 Å². The molecule has 1 heterocycles. The van der Waals surface area contributed by atoms with E-state index in [1.807, 2.05) is 12.1 Å². The quantitative estimate of drug-likeness (QED) is 0.559. The Labute approximate surface area is 149 Å². The summed E-state index contributed by atoms with van der Waals surface area (Å²) in [4.78, 5) is 24.1. The SMILES string of the molecule is CC(OCC1CCCO1)C(=O)OCC(=O)c1ccc(C(C)(C)C)cc1. The summed E-state index contributed by atoms with van der Waals surface area (Å²) >= 11 is 0. The number of esters is 1. The summed E-state index contributed by atoms with van der Waals surface area (Å²) < 4.78 is 16.0. The lowest BCUT2D eigenvalue weighted by molar-refractivity contribution is -0.156. The summed E-state index contributed by atoms with van der Waals surface area (Å²) in [6.45, 7) is 8.81. The van der Waals surface area contributed by atoms with Crippen molar-refractivity contribution in [3.8, 4) is 0 Å². The fourth-order valence-electron chi connectivity index (χ4n) is 2.59. The lowest BCUT2D eigenvalue weighted by Crippen LogP contribution is -2.28. The summed E-state index contributed by atoms with van der Waals surface area (Å²) in [6, 6.07) is 7.41. The van der Waals surface area contributed by atoms with Crippen LogP contribution in [0.25, 0.3) is 0 Å². The van der Waals surface area contributed by atoms with Crippen LogP contribution < -0.4 is 0 Å².